The third kappa shape index (κ3) is 2.02. The average molecular weight is 212 g/mol. The van der Waals surface area contributed by atoms with Crippen molar-refractivity contribution < 1.29 is 4.74 Å². The van der Waals surface area contributed by atoms with Gasteiger partial charge in [0.15, 0.2) is 0 Å². The van der Waals surface area contributed by atoms with Gasteiger partial charge >= 0.3 is 0 Å². The molecule has 0 N–H and O–H groups in total. The van der Waals surface area contributed by atoms with Crippen molar-refractivity contribution in [3.8, 4) is 5.75 Å². The fourth-order valence-corrected chi connectivity index (χ4v) is 2.03. The summed E-state index contributed by atoms with van der Waals surface area (Å²) < 4.78 is 5.78. The van der Waals surface area contributed by atoms with Gasteiger partial charge in [-0.15, -0.1) is 0 Å². The molecule has 0 radical (unpaired) electrons. The summed E-state index contributed by atoms with van der Waals surface area (Å²) >= 11 is 5.94. The molecule has 1 aliphatic rings. The molecule has 3 heteroatoms. The summed E-state index contributed by atoms with van der Waals surface area (Å²) in [5.74, 6) is 0.964. The van der Waals surface area contributed by atoms with E-state index in [1.807, 2.05) is 18.2 Å². The Morgan fingerprint density at radius 1 is 1.50 bits per heavy atom. The van der Waals surface area contributed by atoms with Crippen LogP contribution in [0.2, 0.25) is 5.02 Å². The smallest absolute Gasteiger partial charge is 0.124 e. The quantitative estimate of drug-likeness (QED) is 0.654. The Bertz CT molecular complexity index is 340. The van der Waals surface area contributed by atoms with Gasteiger partial charge in [-0.2, -0.15) is 0 Å². The zero-order chi connectivity index (χ0) is 10.1. The van der Waals surface area contributed by atoms with Crippen LogP contribution < -0.4 is 4.74 Å². The Morgan fingerprint density at radius 3 is 3.07 bits per heavy atom. The number of halogens is 1. The van der Waals surface area contributed by atoms with Gasteiger partial charge in [0.2, 0.25) is 0 Å². The molecule has 76 valence electrons. The summed E-state index contributed by atoms with van der Waals surface area (Å²) in [5, 5.41) is 0.773. The van der Waals surface area contributed by atoms with Crippen molar-refractivity contribution in [2.45, 2.75) is 19.6 Å². The highest BCUT2D eigenvalue weighted by atomic mass is 35.5. The predicted octanol–water partition coefficient (Wildman–Crippen LogP) is 2.55. The van der Waals surface area contributed by atoms with Crippen molar-refractivity contribution in [3.63, 3.8) is 0 Å². The maximum atomic E-state index is 5.94. The van der Waals surface area contributed by atoms with Crippen LogP contribution in [-0.2, 0) is 6.54 Å². The summed E-state index contributed by atoms with van der Waals surface area (Å²) in [7, 11) is 2.09. The molecule has 0 saturated carbocycles. The first-order valence-corrected chi connectivity index (χ1v) is 5.16. The summed E-state index contributed by atoms with van der Waals surface area (Å²) in [6.07, 6.45) is 0.238. The molecule has 1 aromatic carbocycles. The first-order chi connectivity index (χ1) is 6.65. The average Bonchev–Trinajstić information content (AvgIpc) is 2.21. The van der Waals surface area contributed by atoms with E-state index in [1.54, 1.807) is 0 Å². The molecule has 0 fully saturated rings. The molecular weight excluding hydrogens is 198 g/mol. The highest BCUT2D eigenvalue weighted by Gasteiger charge is 2.17. The lowest BCUT2D eigenvalue weighted by molar-refractivity contribution is 0.179. The van der Waals surface area contributed by atoms with Gasteiger partial charge in [-0.1, -0.05) is 11.6 Å². The second kappa shape index (κ2) is 3.79. The Balaban J connectivity index is 2.36. The van der Waals surface area contributed by atoms with Crippen LogP contribution in [0.15, 0.2) is 18.2 Å². The topological polar surface area (TPSA) is 12.5 Å². The largest absolute Gasteiger partial charge is 0.489 e. The van der Waals surface area contributed by atoms with Crippen LogP contribution in [0.3, 0.4) is 0 Å². The minimum Gasteiger partial charge on any atom is -0.489 e. The highest BCUT2D eigenvalue weighted by Crippen LogP contribution is 2.27. The van der Waals surface area contributed by atoms with Gasteiger partial charge in [0, 0.05) is 23.7 Å². The van der Waals surface area contributed by atoms with Gasteiger partial charge in [-0.3, -0.25) is 4.90 Å². The second-order valence-corrected chi connectivity index (χ2v) is 4.31. The van der Waals surface area contributed by atoms with Gasteiger partial charge in [0.1, 0.15) is 11.9 Å². The van der Waals surface area contributed by atoms with Crippen molar-refractivity contribution in [3.05, 3.63) is 28.8 Å². The zero-order valence-electron chi connectivity index (χ0n) is 8.46. The number of rotatable bonds is 0. The van der Waals surface area contributed by atoms with Crippen molar-refractivity contribution in [2.75, 3.05) is 13.6 Å². The lowest BCUT2D eigenvalue weighted by Gasteiger charge is -2.15. The van der Waals surface area contributed by atoms with E-state index in [1.165, 1.54) is 5.56 Å². The van der Waals surface area contributed by atoms with E-state index in [0.29, 0.717) is 0 Å². The van der Waals surface area contributed by atoms with Crippen LogP contribution >= 0.6 is 11.6 Å². The van der Waals surface area contributed by atoms with E-state index in [4.69, 9.17) is 16.3 Å². The van der Waals surface area contributed by atoms with E-state index < -0.39 is 0 Å². The predicted molar refractivity (Wildman–Crippen MR) is 57.9 cm³/mol. The van der Waals surface area contributed by atoms with Crippen LogP contribution in [-0.4, -0.2) is 24.6 Å². The fourth-order valence-electron chi connectivity index (χ4n) is 1.83. The summed E-state index contributed by atoms with van der Waals surface area (Å²) in [4.78, 5) is 2.24. The number of hydrogen-bond acceptors (Lipinski definition) is 2. The van der Waals surface area contributed by atoms with E-state index in [-0.39, 0.29) is 6.10 Å². The van der Waals surface area contributed by atoms with E-state index in [0.717, 1.165) is 23.9 Å². The molecular formula is C11H14ClNO. The SMILES string of the molecule is CC1CN(C)Cc2cc(Cl)ccc2O1. The molecule has 1 heterocycles. The number of nitrogens with zero attached hydrogens (tertiary/aromatic N) is 1. The van der Waals surface area contributed by atoms with Crippen molar-refractivity contribution in [1.82, 2.24) is 4.90 Å². The summed E-state index contributed by atoms with van der Waals surface area (Å²) in [5.41, 5.74) is 1.17. The normalized spacial score (nSPS) is 22.4. The summed E-state index contributed by atoms with van der Waals surface area (Å²) in [6, 6.07) is 5.80. The van der Waals surface area contributed by atoms with Crippen molar-refractivity contribution in [1.29, 1.82) is 0 Å². The molecule has 0 saturated heterocycles. The van der Waals surface area contributed by atoms with Crippen molar-refractivity contribution >= 4 is 11.6 Å². The van der Waals surface area contributed by atoms with E-state index in [2.05, 4.69) is 18.9 Å². The highest BCUT2D eigenvalue weighted by molar-refractivity contribution is 6.30. The van der Waals surface area contributed by atoms with E-state index >= 15 is 0 Å². The van der Waals surface area contributed by atoms with Crippen LogP contribution in [0.1, 0.15) is 12.5 Å². The molecule has 0 aromatic heterocycles. The molecule has 2 nitrogen and oxygen atoms in total. The lowest BCUT2D eigenvalue weighted by Crippen LogP contribution is -2.27. The number of ether oxygens (including phenoxy) is 1. The van der Waals surface area contributed by atoms with E-state index in [9.17, 15) is 0 Å². The number of likely N-dealkylation sites (N-methyl/N-ethyl adjacent to an activating group) is 1. The van der Waals surface area contributed by atoms with Crippen LogP contribution in [0.4, 0.5) is 0 Å². The Morgan fingerprint density at radius 2 is 2.29 bits per heavy atom. The maximum absolute atomic E-state index is 5.94. The van der Waals surface area contributed by atoms with Gasteiger partial charge in [0.25, 0.3) is 0 Å². The first kappa shape index (κ1) is 9.81. The number of benzene rings is 1. The molecule has 1 aliphatic heterocycles. The van der Waals surface area contributed by atoms with Crippen LogP contribution in [0, 0.1) is 0 Å². The summed E-state index contributed by atoms with van der Waals surface area (Å²) in [6.45, 7) is 3.94. The maximum Gasteiger partial charge on any atom is 0.124 e. The van der Waals surface area contributed by atoms with Gasteiger partial charge in [-0.05, 0) is 32.2 Å². The Hall–Kier alpha value is -0.730. The van der Waals surface area contributed by atoms with Gasteiger partial charge in [-0.25, -0.2) is 0 Å². The van der Waals surface area contributed by atoms with Crippen molar-refractivity contribution in [2.24, 2.45) is 0 Å². The number of hydrogen-bond donors (Lipinski definition) is 0. The molecule has 0 aliphatic carbocycles. The Kier molecular flexibility index (Phi) is 2.66. The molecule has 1 aromatic rings. The fraction of sp³-hybridized carbons (Fsp3) is 0.455. The first-order valence-electron chi connectivity index (χ1n) is 4.79. The third-order valence-electron chi connectivity index (χ3n) is 2.36. The van der Waals surface area contributed by atoms with Crippen LogP contribution in [0.5, 0.6) is 5.75 Å². The van der Waals surface area contributed by atoms with Gasteiger partial charge in [0.05, 0.1) is 0 Å². The lowest BCUT2D eigenvalue weighted by atomic mass is 10.2. The minimum atomic E-state index is 0.238. The standard InChI is InChI=1S/C11H14ClNO/c1-8-6-13(2)7-9-5-10(12)3-4-11(9)14-8/h3-5,8H,6-7H2,1-2H3. The molecule has 2 rings (SSSR count). The number of fused-ring (bicyclic) bond motifs is 1. The zero-order valence-corrected chi connectivity index (χ0v) is 9.21. The molecule has 1 atom stereocenters. The third-order valence-corrected chi connectivity index (χ3v) is 2.59. The molecule has 0 bridgehead atoms. The minimum absolute atomic E-state index is 0.238. The second-order valence-electron chi connectivity index (χ2n) is 3.88. The molecule has 0 spiro atoms. The molecule has 0 amide bonds. The van der Waals surface area contributed by atoms with Crippen LogP contribution in [0.25, 0.3) is 0 Å². The Labute approximate surface area is 89.4 Å². The molecule has 1 unspecified atom stereocenters. The monoisotopic (exact) mass is 211 g/mol. The molecule has 14 heavy (non-hydrogen) atoms. The van der Waals surface area contributed by atoms with Gasteiger partial charge < -0.3 is 4.74 Å².